The molecule has 0 saturated heterocycles. The van der Waals surface area contributed by atoms with Gasteiger partial charge in [0.15, 0.2) is 10.8 Å². The molecule has 0 atom stereocenters. The van der Waals surface area contributed by atoms with Crippen LogP contribution in [0.5, 0.6) is 0 Å². The highest BCUT2D eigenvalue weighted by Gasteiger charge is 2.12. The number of carbonyl (C=O) groups excluding carboxylic acids is 1. The zero-order valence-corrected chi connectivity index (χ0v) is 10.4. The minimum absolute atomic E-state index is 0.143. The van der Waals surface area contributed by atoms with Crippen molar-refractivity contribution in [3.8, 4) is 0 Å². The maximum Gasteiger partial charge on any atom is 0.291 e. The number of nitrogens with one attached hydrogen (secondary N) is 1. The van der Waals surface area contributed by atoms with Crippen LogP contribution < -0.4 is 5.32 Å². The highest BCUT2D eigenvalue weighted by molar-refractivity contribution is 8.13. The number of carbonyl (C=O) groups is 1. The van der Waals surface area contributed by atoms with Gasteiger partial charge in [-0.3, -0.25) is 4.79 Å². The first-order chi connectivity index (χ1) is 8.47. The quantitative estimate of drug-likeness (QED) is 0.870. The highest BCUT2D eigenvalue weighted by Crippen LogP contribution is 2.15. The van der Waals surface area contributed by atoms with Crippen molar-refractivity contribution in [2.45, 2.75) is 5.03 Å². The second-order valence-electron chi connectivity index (χ2n) is 3.25. The number of anilines is 1. The molecule has 0 fully saturated rings. The van der Waals surface area contributed by atoms with Crippen molar-refractivity contribution in [2.75, 3.05) is 5.32 Å². The van der Waals surface area contributed by atoms with Crippen LogP contribution in [-0.4, -0.2) is 19.3 Å². The Bertz CT molecular complexity index is 650. The predicted molar refractivity (Wildman–Crippen MR) is 63.9 cm³/mol. The van der Waals surface area contributed by atoms with Crippen molar-refractivity contribution in [2.24, 2.45) is 0 Å². The summed E-state index contributed by atoms with van der Waals surface area (Å²) in [6.07, 6.45) is 2.56. The molecule has 0 bridgehead atoms. The normalized spacial score (nSPS) is 11.2. The van der Waals surface area contributed by atoms with Crippen LogP contribution >= 0.6 is 10.7 Å². The average Bonchev–Trinajstić information content (AvgIpc) is 2.82. The number of amides is 1. The first-order valence-electron chi connectivity index (χ1n) is 4.72. The summed E-state index contributed by atoms with van der Waals surface area (Å²) < 4.78 is 26.8. The molecule has 0 aromatic carbocycles. The van der Waals surface area contributed by atoms with Crippen LogP contribution in [0, 0.1) is 0 Å². The average molecular weight is 287 g/mol. The van der Waals surface area contributed by atoms with Crippen LogP contribution in [0.3, 0.4) is 0 Å². The third-order valence-electron chi connectivity index (χ3n) is 1.99. The lowest BCUT2D eigenvalue weighted by atomic mass is 10.4. The SMILES string of the molecule is O=C(Nc1ccc(S(=O)(=O)Cl)nc1)c1ccco1. The van der Waals surface area contributed by atoms with E-state index in [9.17, 15) is 13.2 Å². The molecule has 0 unspecified atom stereocenters. The van der Waals surface area contributed by atoms with Gasteiger partial charge in [-0.15, -0.1) is 0 Å². The fraction of sp³-hybridized carbons (Fsp3) is 0. The van der Waals surface area contributed by atoms with Gasteiger partial charge in [0.25, 0.3) is 15.0 Å². The summed E-state index contributed by atoms with van der Waals surface area (Å²) in [5, 5.41) is 2.21. The zero-order chi connectivity index (χ0) is 13.2. The Balaban J connectivity index is 2.14. The zero-order valence-electron chi connectivity index (χ0n) is 8.83. The van der Waals surface area contributed by atoms with Crippen LogP contribution in [0.1, 0.15) is 10.6 Å². The Kier molecular flexibility index (Phi) is 3.35. The van der Waals surface area contributed by atoms with Crippen LogP contribution in [0.25, 0.3) is 0 Å². The van der Waals surface area contributed by atoms with Crippen LogP contribution in [0.4, 0.5) is 5.69 Å². The van der Waals surface area contributed by atoms with E-state index in [0.29, 0.717) is 5.69 Å². The number of pyridine rings is 1. The first-order valence-corrected chi connectivity index (χ1v) is 7.03. The predicted octanol–water partition coefficient (Wildman–Crippen LogP) is 1.85. The maximum absolute atomic E-state index is 11.6. The smallest absolute Gasteiger partial charge is 0.291 e. The van der Waals surface area contributed by atoms with Crippen molar-refractivity contribution >= 4 is 31.3 Å². The van der Waals surface area contributed by atoms with Gasteiger partial charge in [-0.2, -0.15) is 0 Å². The van der Waals surface area contributed by atoms with Gasteiger partial charge in [0.1, 0.15) is 0 Å². The molecule has 0 spiro atoms. The van der Waals surface area contributed by atoms with E-state index in [1.165, 1.54) is 30.7 Å². The monoisotopic (exact) mass is 286 g/mol. The summed E-state index contributed by atoms with van der Waals surface area (Å²) in [5.74, 6) is -0.313. The topological polar surface area (TPSA) is 89.3 Å². The molecule has 0 aliphatic rings. The van der Waals surface area contributed by atoms with Gasteiger partial charge in [-0.1, -0.05) is 0 Å². The maximum atomic E-state index is 11.6. The molecular weight excluding hydrogens is 280 g/mol. The largest absolute Gasteiger partial charge is 0.459 e. The number of nitrogens with zero attached hydrogens (tertiary/aromatic N) is 1. The molecule has 1 N–H and O–H groups in total. The van der Waals surface area contributed by atoms with Gasteiger partial charge in [-0.25, -0.2) is 13.4 Å². The third kappa shape index (κ3) is 2.88. The van der Waals surface area contributed by atoms with Gasteiger partial charge in [0.05, 0.1) is 18.1 Å². The highest BCUT2D eigenvalue weighted by atomic mass is 35.7. The number of hydrogen-bond donors (Lipinski definition) is 1. The number of furan rings is 1. The van der Waals surface area contributed by atoms with Crippen molar-refractivity contribution < 1.29 is 17.6 Å². The van der Waals surface area contributed by atoms with Gasteiger partial charge in [0, 0.05) is 10.7 Å². The van der Waals surface area contributed by atoms with Crippen molar-refractivity contribution in [1.29, 1.82) is 0 Å². The molecule has 2 aromatic rings. The van der Waals surface area contributed by atoms with Crippen molar-refractivity contribution in [3.63, 3.8) is 0 Å². The minimum Gasteiger partial charge on any atom is -0.459 e. The number of aromatic nitrogens is 1. The Labute approximate surface area is 107 Å². The van der Waals surface area contributed by atoms with E-state index >= 15 is 0 Å². The molecule has 2 aromatic heterocycles. The second-order valence-corrected chi connectivity index (χ2v) is 5.77. The summed E-state index contributed by atoms with van der Waals surface area (Å²) >= 11 is 0. The Morgan fingerprint density at radius 1 is 1.33 bits per heavy atom. The van der Waals surface area contributed by atoms with E-state index in [4.69, 9.17) is 15.1 Å². The van der Waals surface area contributed by atoms with Gasteiger partial charge in [0.2, 0.25) is 0 Å². The Morgan fingerprint density at radius 2 is 2.11 bits per heavy atom. The lowest BCUT2D eigenvalue weighted by Crippen LogP contribution is -2.11. The molecule has 0 aliphatic carbocycles. The van der Waals surface area contributed by atoms with E-state index in [1.54, 1.807) is 6.07 Å². The molecule has 2 rings (SSSR count). The van der Waals surface area contributed by atoms with Crippen molar-refractivity contribution in [3.05, 3.63) is 42.5 Å². The molecule has 2 heterocycles. The van der Waals surface area contributed by atoms with E-state index in [1.807, 2.05) is 0 Å². The first kappa shape index (κ1) is 12.6. The van der Waals surface area contributed by atoms with Crippen molar-refractivity contribution in [1.82, 2.24) is 4.98 Å². The molecule has 0 radical (unpaired) electrons. The standard InChI is InChI=1S/C10H7ClN2O4S/c11-18(15,16)9-4-3-7(6-12-9)13-10(14)8-2-1-5-17-8/h1-6H,(H,13,14). The minimum atomic E-state index is -3.86. The van der Waals surface area contributed by atoms with E-state index < -0.39 is 15.0 Å². The fourth-order valence-electron chi connectivity index (χ4n) is 1.20. The van der Waals surface area contributed by atoms with E-state index in [-0.39, 0.29) is 10.8 Å². The lowest BCUT2D eigenvalue weighted by molar-refractivity contribution is 0.0996. The van der Waals surface area contributed by atoms with Crippen LogP contribution in [0.15, 0.2) is 46.2 Å². The molecule has 94 valence electrons. The lowest BCUT2D eigenvalue weighted by Gasteiger charge is -2.02. The third-order valence-corrected chi connectivity index (χ3v) is 3.20. The number of halogens is 1. The van der Waals surface area contributed by atoms with Crippen LogP contribution in [-0.2, 0) is 9.05 Å². The summed E-state index contributed by atoms with van der Waals surface area (Å²) in [4.78, 5) is 15.2. The summed E-state index contributed by atoms with van der Waals surface area (Å²) in [6.45, 7) is 0. The Morgan fingerprint density at radius 3 is 2.61 bits per heavy atom. The summed E-state index contributed by atoms with van der Waals surface area (Å²) in [6, 6.07) is 5.65. The summed E-state index contributed by atoms with van der Waals surface area (Å²) in [5.41, 5.74) is 0.334. The van der Waals surface area contributed by atoms with Gasteiger partial charge < -0.3 is 9.73 Å². The Hall–Kier alpha value is -1.86. The molecular formula is C10H7ClN2O4S. The second kappa shape index (κ2) is 4.79. The van der Waals surface area contributed by atoms with Gasteiger partial charge >= 0.3 is 0 Å². The van der Waals surface area contributed by atoms with E-state index in [2.05, 4.69) is 10.3 Å². The fourth-order valence-corrected chi connectivity index (χ4v) is 1.88. The molecule has 18 heavy (non-hydrogen) atoms. The number of hydrogen-bond acceptors (Lipinski definition) is 5. The van der Waals surface area contributed by atoms with Crippen LogP contribution in [0.2, 0.25) is 0 Å². The molecule has 0 saturated carbocycles. The molecule has 1 amide bonds. The van der Waals surface area contributed by atoms with E-state index in [0.717, 1.165) is 0 Å². The molecule has 8 heteroatoms. The van der Waals surface area contributed by atoms with Gasteiger partial charge in [-0.05, 0) is 24.3 Å². The number of rotatable bonds is 3. The molecule has 6 nitrogen and oxygen atoms in total. The summed E-state index contributed by atoms with van der Waals surface area (Å²) in [7, 11) is 1.24. The molecule has 0 aliphatic heterocycles.